The summed E-state index contributed by atoms with van der Waals surface area (Å²) in [5, 5.41) is 0.294. The van der Waals surface area contributed by atoms with Crippen LogP contribution in [0.25, 0.3) is 0 Å². The molecule has 1 aromatic rings. The summed E-state index contributed by atoms with van der Waals surface area (Å²) < 4.78 is 15.2. The summed E-state index contributed by atoms with van der Waals surface area (Å²) in [6, 6.07) is 1.68. The first-order chi connectivity index (χ1) is 5.17. The Hall–Kier alpha value is -0.970. The molecule has 0 aliphatic rings. The number of rotatable bonds is 1. The summed E-state index contributed by atoms with van der Waals surface area (Å²) in [6.07, 6.45) is 4.62. The van der Waals surface area contributed by atoms with E-state index in [4.69, 9.17) is 0 Å². The van der Waals surface area contributed by atoms with Crippen LogP contribution in [0, 0.1) is 0 Å². The van der Waals surface area contributed by atoms with Gasteiger partial charge in [-0.2, -0.15) is 0 Å². The average Bonchev–Trinajstić information content (AvgIpc) is 2.06. The fourth-order valence-electron chi connectivity index (χ4n) is 0.563. The minimum Gasteiger partial charge on any atom is -0.242 e. The van der Waals surface area contributed by atoms with Gasteiger partial charge < -0.3 is 0 Å². The van der Waals surface area contributed by atoms with E-state index >= 15 is 0 Å². The van der Waals surface area contributed by atoms with Crippen molar-refractivity contribution in [3.8, 4) is 0 Å². The molecule has 0 fully saturated rings. The van der Waals surface area contributed by atoms with E-state index in [9.17, 15) is 4.21 Å². The van der Waals surface area contributed by atoms with Crippen LogP contribution in [0.1, 0.15) is 0 Å². The van der Waals surface area contributed by atoms with Crippen LogP contribution < -0.4 is 0 Å². The van der Waals surface area contributed by atoms with Crippen molar-refractivity contribution in [3.05, 3.63) is 18.5 Å². The molecule has 1 aromatic heterocycles. The second-order valence-corrected chi connectivity index (χ2v) is 4.35. The fraction of sp³-hybridized carbons (Fsp3) is 0.333. The summed E-state index contributed by atoms with van der Waals surface area (Å²) in [5.41, 5.74) is 0. The van der Waals surface area contributed by atoms with Gasteiger partial charge in [-0.1, -0.05) is 0 Å². The van der Waals surface area contributed by atoms with E-state index in [1.807, 2.05) is 0 Å². The van der Waals surface area contributed by atoms with E-state index in [0.29, 0.717) is 5.16 Å². The molecule has 11 heavy (non-hydrogen) atoms. The maximum atomic E-state index is 11.5. The van der Waals surface area contributed by atoms with E-state index in [1.54, 1.807) is 18.5 Å². The van der Waals surface area contributed by atoms with Crippen molar-refractivity contribution >= 4 is 9.73 Å². The second-order valence-electron chi connectivity index (χ2n) is 2.02. The Bertz CT molecular complexity index is 340. The SMILES string of the molecule is CN=[S@](C)(=O)c1ncccn1. The lowest BCUT2D eigenvalue weighted by atomic mass is 10.7. The highest BCUT2D eigenvalue weighted by molar-refractivity contribution is 7.92. The van der Waals surface area contributed by atoms with Gasteiger partial charge in [0.2, 0.25) is 5.16 Å². The van der Waals surface area contributed by atoms with Crippen molar-refractivity contribution in [1.29, 1.82) is 0 Å². The molecule has 0 saturated carbocycles. The molecule has 0 amide bonds. The van der Waals surface area contributed by atoms with Crippen LogP contribution in [-0.2, 0) is 9.73 Å². The van der Waals surface area contributed by atoms with Gasteiger partial charge in [0.05, 0.1) is 0 Å². The van der Waals surface area contributed by atoms with Crippen LogP contribution in [0.3, 0.4) is 0 Å². The zero-order chi connectivity index (χ0) is 8.32. The van der Waals surface area contributed by atoms with E-state index < -0.39 is 9.73 Å². The zero-order valence-corrected chi connectivity index (χ0v) is 7.21. The maximum Gasteiger partial charge on any atom is 0.226 e. The number of nitrogens with zero attached hydrogens (tertiary/aromatic N) is 3. The largest absolute Gasteiger partial charge is 0.242 e. The predicted molar refractivity (Wildman–Crippen MR) is 42.7 cm³/mol. The first-order valence-corrected chi connectivity index (χ1v) is 4.96. The molecule has 0 saturated heterocycles. The minimum atomic E-state index is -2.35. The Morgan fingerprint density at radius 1 is 1.45 bits per heavy atom. The minimum absolute atomic E-state index is 0.294. The zero-order valence-electron chi connectivity index (χ0n) is 6.39. The van der Waals surface area contributed by atoms with Gasteiger partial charge in [-0.3, -0.25) is 0 Å². The lowest BCUT2D eigenvalue weighted by molar-refractivity contribution is 0.672. The van der Waals surface area contributed by atoms with Gasteiger partial charge in [0.25, 0.3) is 0 Å². The third-order valence-corrected chi connectivity index (χ3v) is 2.81. The van der Waals surface area contributed by atoms with Crippen molar-refractivity contribution in [3.63, 3.8) is 0 Å². The average molecular weight is 171 g/mol. The van der Waals surface area contributed by atoms with E-state index in [1.165, 1.54) is 13.3 Å². The summed E-state index contributed by atoms with van der Waals surface area (Å²) >= 11 is 0. The number of hydrogen-bond donors (Lipinski definition) is 0. The van der Waals surface area contributed by atoms with Crippen LogP contribution in [0.4, 0.5) is 0 Å². The third-order valence-electron chi connectivity index (χ3n) is 1.23. The Morgan fingerprint density at radius 3 is 2.45 bits per heavy atom. The molecule has 0 aliphatic heterocycles. The Labute approximate surface area is 65.9 Å². The highest BCUT2D eigenvalue weighted by Crippen LogP contribution is 2.00. The van der Waals surface area contributed by atoms with Crippen molar-refractivity contribution in [1.82, 2.24) is 9.97 Å². The Balaban J connectivity index is 3.25. The number of aromatic nitrogens is 2. The summed E-state index contributed by atoms with van der Waals surface area (Å²) in [7, 11) is -0.847. The van der Waals surface area contributed by atoms with E-state index in [2.05, 4.69) is 14.3 Å². The third kappa shape index (κ3) is 1.74. The lowest BCUT2D eigenvalue weighted by Crippen LogP contribution is -2.02. The molecule has 5 heteroatoms. The van der Waals surface area contributed by atoms with Gasteiger partial charge in [-0.05, 0) is 6.07 Å². The van der Waals surface area contributed by atoms with E-state index in [-0.39, 0.29) is 0 Å². The molecule has 0 aliphatic carbocycles. The van der Waals surface area contributed by atoms with Crippen LogP contribution in [-0.4, -0.2) is 27.5 Å². The standard InChI is InChI=1S/C6H9N3OS/c1-7-11(2,10)6-8-4-3-5-9-6/h3-5H,1-2H3/t11-/m1/s1. The van der Waals surface area contributed by atoms with Gasteiger partial charge in [-0.15, -0.1) is 0 Å². The van der Waals surface area contributed by atoms with Gasteiger partial charge in [0, 0.05) is 25.7 Å². The maximum absolute atomic E-state index is 11.5. The van der Waals surface area contributed by atoms with Crippen molar-refractivity contribution < 1.29 is 4.21 Å². The van der Waals surface area contributed by atoms with Crippen LogP contribution in [0.5, 0.6) is 0 Å². The van der Waals surface area contributed by atoms with Gasteiger partial charge in [0.1, 0.15) is 9.73 Å². The van der Waals surface area contributed by atoms with Gasteiger partial charge >= 0.3 is 0 Å². The molecule has 1 rings (SSSR count). The first kappa shape index (κ1) is 8.13. The summed E-state index contributed by atoms with van der Waals surface area (Å²) in [5.74, 6) is 0. The lowest BCUT2D eigenvalue weighted by Gasteiger charge is -1.97. The summed E-state index contributed by atoms with van der Waals surface area (Å²) in [4.78, 5) is 7.68. The second kappa shape index (κ2) is 2.96. The smallest absolute Gasteiger partial charge is 0.226 e. The predicted octanol–water partition coefficient (Wildman–Crippen LogP) is 0.563. The van der Waals surface area contributed by atoms with Crippen molar-refractivity contribution in [2.75, 3.05) is 13.3 Å². The quantitative estimate of drug-likeness (QED) is 0.580. The van der Waals surface area contributed by atoms with Crippen molar-refractivity contribution in [2.45, 2.75) is 5.16 Å². The molecule has 1 heterocycles. The van der Waals surface area contributed by atoms with E-state index in [0.717, 1.165) is 0 Å². The topological polar surface area (TPSA) is 55.2 Å². The molecule has 0 unspecified atom stereocenters. The fourth-order valence-corrected chi connectivity index (χ4v) is 1.24. The molecule has 4 nitrogen and oxygen atoms in total. The molecule has 0 radical (unpaired) electrons. The summed E-state index contributed by atoms with van der Waals surface area (Å²) in [6.45, 7) is 0. The van der Waals surface area contributed by atoms with Crippen LogP contribution in [0.2, 0.25) is 0 Å². The van der Waals surface area contributed by atoms with Gasteiger partial charge in [-0.25, -0.2) is 18.5 Å². The normalized spacial score (nSPS) is 15.5. The van der Waals surface area contributed by atoms with Crippen LogP contribution in [0.15, 0.2) is 28.0 Å². The van der Waals surface area contributed by atoms with Crippen LogP contribution >= 0.6 is 0 Å². The van der Waals surface area contributed by atoms with Crippen molar-refractivity contribution in [2.24, 2.45) is 4.36 Å². The molecule has 0 spiro atoms. The monoisotopic (exact) mass is 171 g/mol. The molecule has 0 N–H and O–H groups in total. The Morgan fingerprint density at radius 2 is 2.00 bits per heavy atom. The molecule has 1 atom stereocenters. The number of hydrogen-bond acceptors (Lipinski definition) is 4. The molecular weight excluding hydrogens is 162 g/mol. The molecule has 0 aromatic carbocycles. The highest BCUT2D eigenvalue weighted by Gasteiger charge is 2.05. The molecule has 0 bridgehead atoms. The molecule has 60 valence electrons. The first-order valence-electron chi connectivity index (χ1n) is 3.04. The van der Waals surface area contributed by atoms with Gasteiger partial charge in [0.15, 0.2) is 0 Å². The molecular formula is C6H9N3OS. The highest BCUT2D eigenvalue weighted by atomic mass is 32.2. The Kier molecular flexibility index (Phi) is 2.19.